The molecule has 0 bridgehead atoms. The number of nitrogens with zero attached hydrogens (tertiary/aromatic N) is 2. The number of anilines is 6. The van der Waals surface area contributed by atoms with Gasteiger partial charge in [-0.25, -0.2) is 8.78 Å². The van der Waals surface area contributed by atoms with E-state index in [1.54, 1.807) is 35.6 Å². The molecule has 0 radical (unpaired) electrons. The molecule has 0 N–H and O–H groups in total. The van der Waals surface area contributed by atoms with E-state index in [0.29, 0.717) is 0 Å². The minimum Gasteiger partial charge on any atom is -0.310 e. The van der Waals surface area contributed by atoms with Crippen LogP contribution in [0.4, 0.5) is 42.9 Å². The Morgan fingerprint density at radius 2 is 0.770 bits per heavy atom. The van der Waals surface area contributed by atoms with E-state index in [2.05, 4.69) is 163 Å². The Labute approximate surface area is 360 Å². The molecule has 0 saturated heterocycles. The summed E-state index contributed by atoms with van der Waals surface area (Å²) >= 11 is 3.62. The van der Waals surface area contributed by atoms with Gasteiger partial charge in [-0.3, -0.25) is 0 Å². The van der Waals surface area contributed by atoms with Gasteiger partial charge in [0.25, 0.3) is 0 Å². The summed E-state index contributed by atoms with van der Waals surface area (Å²) in [5.74, 6) is -0.624. The molecule has 9 aromatic carbocycles. The molecule has 61 heavy (non-hydrogen) atoms. The third kappa shape index (κ3) is 5.60. The van der Waals surface area contributed by atoms with Crippen molar-refractivity contribution in [3.05, 3.63) is 240 Å². The Morgan fingerprint density at radius 1 is 0.344 bits per heavy atom. The lowest BCUT2D eigenvalue weighted by atomic mass is 9.67. The van der Waals surface area contributed by atoms with E-state index in [-0.39, 0.29) is 11.6 Å². The summed E-state index contributed by atoms with van der Waals surface area (Å²) in [7, 11) is 0. The van der Waals surface area contributed by atoms with Gasteiger partial charge in [0.1, 0.15) is 11.6 Å². The predicted octanol–water partition coefficient (Wildman–Crippen LogP) is 16.1. The number of hydrogen-bond donors (Lipinski definition) is 0. The Morgan fingerprint density at radius 3 is 1.36 bits per heavy atom. The van der Waals surface area contributed by atoms with E-state index in [9.17, 15) is 8.78 Å². The lowest BCUT2D eigenvalue weighted by Gasteiger charge is -2.40. The number of hydrogen-bond acceptors (Lipinski definition) is 4. The molecule has 2 heterocycles. The minimum absolute atomic E-state index is 0.312. The number of halogens is 2. The monoisotopic (exact) mass is 824 g/mol. The maximum absolute atomic E-state index is 14.2. The van der Waals surface area contributed by atoms with E-state index < -0.39 is 5.41 Å². The van der Waals surface area contributed by atoms with Gasteiger partial charge in [-0.15, -0.1) is 11.3 Å². The van der Waals surface area contributed by atoms with Crippen LogP contribution in [0.5, 0.6) is 0 Å². The first-order chi connectivity index (χ1) is 30.0. The molecule has 0 fully saturated rings. The van der Waals surface area contributed by atoms with Gasteiger partial charge in [0.05, 0.1) is 5.41 Å². The van der Waals surface area contributed by atoms with Crippen LogP contribution in [0.3, 0.4) is 0 Å². The Kier molecular flexibility index (Phi) is 8.27. The zero-order chi connectivity index (χ0) is 40.7. The number of para-hydroxylation sites is 1. The van der Waals surface area contributed by atoms with Gasteiger partial charge in [0.2, 0.25) is 0 Å². The molecule has 2 nitrogen and oxygen atoms in total. The summed E-state index contributed by atoms with van der Waals surface area (Å²) in [4.78, 5) is 6.98. The van der Waals surface area contributed by atoms with Crippen molar-refractivity contribution in [3.8, 4) is 11.1 Å². The summed E-state index contributed by atoms with van der Waals surface area (Å²) in [6, 6.07) is 70.5. The van der Waals surface area contributed by atoms with Crippen molar-refractivity contribution in [1.82, 2.24) is 0 Å². The molecule has 0 amide bonds. The molecule has 1 spiro atoms. The van der Waals surface area contributed by atoms with Crippen molar-refractivity contribution in [2.24, 2.45) is 0 Å². The summed E-state index contributed by atoms with van der Waals surface area (Å²) < 4.78 is 30.7. The summed E-state index contributed by atoms with van der Waals surface area (Å²) in [6.45, 7) is 0. The average molecular weight is 825 g/mol. The minimum atomic E-state index is -0.492. The summed E-state index contributed by atoms with van der Waals surface area (Å²) in [6.07, 6.45) is 0. The van der Waals surface area contributed by atoms with Gasteiger partial charge < -0.3 is 9.80 Å². The molecule has 0 atom stereocenters. The van der Waals surface area contributed by atoms with Crippen LogP contribution in [-0.2, 0) is 5.41 Å². The van der Waals surface area contributed by atoms with Crippen molar-refractivity contribution in [3.63, 3.8) is 0 Å². The smallest absolute Gasteiger partial charge is 0.123 e. The highest BCUT2D eigenvalue weighted by Gasteiger charge is 2.50. The fourth-order valence-electron chi connectivity index (χ4n) is 9.66. The van der Waals surface area contributed by atoms with Crippen LogP contribution in [0.2, 0.25) is 0 Å². The third-order valence-corrected chi connectivity index (χ3v) is 14.5. The molecule has 0 saturated carbocycles. The number of thiophene rings is 1. The molecule has 1 aliphatic carbocycles. The lowest BCUT2D eigenvalue weighted by molar-refractivity contribution is 0.628. The van der Waals surface area contributed by atoms with Crippen LogP contribution in [-0.4, -0.2) is 0 Å². The molecule has 0 unspecified atom stereocenters. The zero-order valence-electron chi connectivity index (χ0n) is 32.6. The highest BCUT2D eigenvalue weighted by Crippen LogP contribution is 2.62. The second-order valence-electron chi connectivity index (χ2n) is 15.5. The highest BCUT2D eigenvalue weighted by molar-refractivity contribution is 7.99. The fraction of sp³-hybridized carbons (Fsp3) is 0.0182. The summed E-state index contributed by atoms with van der Waals surface area (Å²) in [5, 5.41) is 2.24. The number of rotatable bonds is 6. The molecule has 1 aromatic heterocycles. The quantitative estimate of drug-likeness (QED) is 0.165. The molecule has 1 aliphatic heterocycles. The third-order valence-electron chi connectivity index (χ3n) is 12.2. The van der Waals surface area contributed by atoms with Gasteiger partial charge in [-0.1, -0.05) is 96.7 Å². The molecular weight excluding hydrogens is 791 g/mol. The largest absolute Gasteiger partial charge is 0.310 e. The second-order valence-corrected chi connectivity index (χ2v) is 17.7. The number of benzene rings is 9. The van der Waals surface area contributed by atoms with Crippen LogP contribution in [0, 0.1) is 11.6 Å². The number of fused-ring (bicyclic) bond motifs is 12. The molecular formula is C55H34F2N2S2. The maximum atomic E-state index is 14.2. The fourth-order valence-corrected chi connectivity index (χ4v) is 11.9. The summed E-state index contributed by atoms with van der Waals surface area (Å²) in [5.41, 5.74) is 12.9. The van der Waals surface area contributed by atoms with E-state index >= 15 is 0 Å². The normalized spacial score (nSPS) is 13.1. The van der Waals surface area contributed by atoms with E-state index in [1.807, 2.05) is 16.7 Å². The van der Waals surface area contributed by atoms with E-state index in [0.717, 1.165) is 49.6 Å². The van der Waals surface area contributed by atoms with Gasteiger partial charge in [0, 0.05) is 64.1 Å². The molecule has 6 heteroatoms. The molecule has 2 aliphatic rings. The molecule has 12 rings (SSSR count). The van der Waals surface area contributed by atoms with Crippen LogP contribution < -0.4 is 9.80 Å². The lowest BCUT2D eigenvalue weighted by Crippen LogP contribution is -2.32. The standard InChI is InChI=1S/C55H34F2N2S2/c56-35-18-22-38(23-19-35)58(39-24-20-36(57)21-25-39)40-27-30-51-45(32-40)46-33-41(28-31-52(46)60-51)59(37-10-2-1-3-11-37)42-26-29-44-43-12-4-5-13-47(43)55(50(44)34-42)48-14-6-8-16-53(48)61-54-17-9-7-15-49(54)55/h1-34H. The van der Waals surface area contributed by atoms with E-state index in [4.69, 9.17) is 0 Å². The topological polar surface area (TPSA) is 6.48 Å². The molecule has 290 valence electrons. The van der Waals surface area contributed by atoms with E-state index in [1.165, 1.54) is 72.1 Å². The van der Waals surface area contributed by atoms with Crippen LogP contribution in [0.15, 0.2) is 216 Å². The van der Waals surface area contributed by atoms with Crippen LogP contribution in [0.25, 0.3) is 31.3 Å². The highest BCUT2D eigenvalue weighted by atomic mass is 32.2. The van der Waals surface area contributed by atoms with Gasteiger partial charge in [-0.05, 0) is 155 Å². The Hall–Kier alpha value is -6.99. The van der Waals surface area contributed by atoms with Crippen molar-refractivity contribution < 1.29 is 8.78 Å². The maximum Gasteiger partial charge on any atom is 0.123 e. The second kappa shape index (κ2) is 14.1. The molecule has 10 aromatic rings. The Balaban J connectivity index is 1.05. The van der Waals surface area contributed by atoms with Gasteiger partial charge in [0.15, 0.2) is 0 Å². The predicted molar refractivity (Wildman–Crippen MR) is 250 cm³/mol. The van der Waals surface area contributed by atoms with Crippen molar-refractivity contribution in [2.75, 3.05) is 9.80 Å². The van der Waals surface area contributed by atoms with Gasteiger partial charge >= 0.3 is 0 Å². The van der Waals surface area contributed by atoms with Crippen molar-refractivity contribution >= 4 is 77.4 Å². The van der Waals surface area contributed by atoms with Gasteiger partial charge in [-0.2, -0.15) is 0 Å². The Bertz CT molecular complexity index is 3230. The van der Waals surface area contributed by atoms with Crippen molar-refractivity contribution in [2.45, 2.75) is 15.2 Å². The first kappa shape index (κ1) is 35.9. The zero-order valence-corrected chi connectivity index (χ0v) is 34.2. The first-order valence-corrected chi connectivity index (χ1v) is 21.9. The average Bonchev–Trinajstić information content (AvgIpc) is 3.81. The van der Waals surface area contributed by atoms with Crippen LogP contribution in [0.1, 0.15) is 22.3 Å². The van der Waals surface area contributed by atoms with Crippen LogP contribution >= 0.6 is 23.1 Å². The first-order valence-electron chi connectivity index (χ1n) is 20.3. The van der Waals surface area contributed by atoms with Crippen molar-refractivity contribution in [1.29, 1.82) is 0 Å². The SMILES string of the molecule is Fc1ccc(N(c2ccc(F)cc2)c2ccc3sc4ccc(N(c5ccccc5)c5ccc6c(c5)C5(c7ccccc7Sc7ccccc75)c5ccccc5-6)cc4c3c2)cc1.